The summed E-state index contributed by atoms with van der Waals surface area (Å²) in [6.07, 6.45) is 2.81. The third-order valence-electron chi connectivity index (χ3n) is 3.83. The number of para-hydroxylation sites is 1. The average Bonchev–Trinajstić information content (AvgIpc) is 3.01. The van der Waals surface area contributed by atoms with Crippen LogP contribution in [0.2, 0.25) is 0 Å². The molecule has 1 unspecified atom stereocenters. The first-order valence-electron chi connectivity index (χ1n) is 7.34. The molecule has 110 valence electrons. The second-order valence-electron chi connectivity index (χ2n) is 5.53. The van der Waals surface area contributed by atoms with Gasteiger partial charge in [0.25, 0.3) is 0 Å². The highest BCUT2D eigenvalue weighted by Gasteiger charge is 2.29. The van der Waals surface area contributed by atoms with Gasteiger partial charge in [-0.15, -0.1) is 0 Å². The minimum atomic E-state index is 0.170. The van der Waals surface area contributed by atoms with Crippen LogP contribution in [0.3, 0.4) is 0 Å². The number of benzene rings is 1. The number of anilines is 1. The van der Waals surface area contributed by atoms with E-state index in [2.05, 4.69) is 23.1 Å². The van der Waals surface area contributed by atoms with Crippen molar-refractivity contribution in [1.82, 2.24) is 10.1 Å². The molecule has 1 aliphatic heterocycles. The molecule has 5 heteroatoms. The van der Waals surface area contributed by atoms with Gasteiger partial charge >= 0.3 is 0 Å². The number of hydrogen-bond donors (Lipinski definition) is 0. The van der Waals surface area contributed by atoms with Gasteiger partial charge in [-0.2, -0.15) is 4.98 Å². The normalized spacial score (nSPS) is 17.0. The third-order valence-corrected chi connectivity index (χ3v) is 3.83. The number of nitrogens with zero attached hydrogens (tertiary/aromatic N) is 3. The van der Waals surface area contributed by atoms with E-state index >= 15 is 0 Å². The second kappa shape index (κ2) is 5.68. The van der Waals surface area contributed by atoms with Crippen LogP contribution in [0.1, 0.15) is 37.0 Å². The zero-order chi connectivity index (χ0) is 14.8. The lowest BCUT2D eigenvalue weighted by atomic mass is 10.1. The lowest BCUT2D eigenvalue weighted by Gasteiger charge is -2.22. The maximum atomic E-state index is 12.5. The van der Waals surface area contributed by atoms with Crippen molar-refractivity contribution >= 4 is 11.6 Å². The topological polar surface area (TPSA) is 59.2 Å². The zero-order valence-corrected chi connectivity index (χ0v) is 12.4. The molecule has 1 aromatic heterocycles. The molecule has 0 radical (unpaired) electrons. The Morgan fingerprint density at radius 2 is 2.24 bits per heavy atom. The molecular weight excluding hydrogens is 266 g/mol. The van der Waals surface area contributed by atoms with Crippen molar-refractivity contribution in [3.63, 3.8) is 0 Å². The molecule has 0 fully saturated rings. The molecule has 1 atom stereocenters. The van der Waals surface area contributed by atoms with Gasteiger partial charge in [-0.1, -0.05) is 23.4 Å². The van der Waals surface area contributed by atoms with E-state index in [1.165, 1.54) is 5.56 Å². The van der Waals surface area contributed by atoms with E-state index < -0.39 is 0 Å². The van der Waals surface area contributed by atoms with Crippen molar-refractivity contribution < 1.29 is 9.32 Å². The highest BCUT2D eigenvalue weighted by molar-refractivity contribution is 5.96. The van der Waals surface area contributed by atoms with Crippen LogP contribution < -0.4 is 4.90 Å². The molecular formula is C16H19N3O2. The number of fused-ring (bicyclic) bond motifs is 1. The predicted molar refractivity (Wildman–Crippen MR) is 79.1 cm³/mol. The molecule has 3 rings (SSSR count). The van der Waals surface area contributed by atoms with Crippen LogP contribution in [-0.2, 0) is 17.6 Å². The SMILES string of the molecule is Cc1noc(CCCC(=O)N2c3ccccc3CC2C)n1. The first kappa shape index (κ1) is 13.8. The van der Waals surface area contributed by atoms with Crippen molar-refractivity contribution in [2.75, 3.05) is 4.90 Å². The van der Waals surface area contributed by atoms with Crippen molar-refractivity contribution in [3.8, 4) is 0 Å². The van der Waals surface area contributed by atoms with E-state index in [1.54, 1.807) is 6.92 Å². The van der Waals surface area contributed by atoms with Gasteiger partial charge in [0.05, 0.1) is 0 Å². The summed E-state index contributed by atoms with van der Waals surface area (Å²) >= 11 is 0. The van der Waals surface area contributed by atoms with Crippen LogP contribution in [-0.4, -0.2) is 22.1 Å². The van der Waals surface area contributed by atoms with Gasteiger partial charge in [-0.3, -0.25) is 4.79 Å². The Labute approximate surface area is 124 Å². The number of hydrogen-bond acceptors (Lipinski definition) is 4. The Balaban J connectivity index is 1.60. The van der Waals surface area contributed by atoms with Gasteiger partial charge in [0.1, 0.15) is 0 Å². The Morgan fingerprint density at radius 1 is 1.43 bits per heavy atom. The molecule has 1 amide bonds. The smallest absolute Gasteiger partial charge is 0.227 e. The molecule has 1 aliphatic rings. The van der Waals surface area contributed by atoms with Gasteiger partial charge in [0.2, 0.25) is 11.8 Å². The van der Waals surface area contributed by atoms with E-state index in [9.17, 15) is 4.79 Å². The first-order valence-corrected chi connectivity index (χ1v) is 7.34. The van der Waals surface area contributed by atoms with Gasteiger partial charge in [0, 0.05) is 24.6 Å². The zero-order valence-electron chi connectivity index (χ0n) is 12.4. The standard InChI is InChI=1S/C16H19N3O2/c1-11-10-13-6-3-4-7-14(13)19(11)16(20)9-5-8-15-17-12(2)18-21-15/h3-4,6-7,11H,5,8-10H2,1-2H3. The van der Waals surface area contributed by atoms with Crippen LogP contribution in [0.4, 0.5) is 5.69 Å². The maximum Gasteiger partial charge on any atom is 0.227 e. The average molecular weight is 285 g/mol. The highest BCUT2D eigenvalue weighted by Crippen LogP contribution is 2.32. The molecule has 0 bridgehead atoms. The Hall–Kier alpha value is -2.17. The summed E-state index contributed by atoms with van der Waals surface area (Å²) < 4.78 is 5.06. The van der Waals surface area contributed by atoms with Crippen LogP contribution >= 0.6 is 0 Å². The molecule has 1 aromatic carbocycles. The van der Waals surface area contributed by atoms with Gasteiger partial charge in [0.15, 0.2) is 5.82 Å². The maximum absolute atomic E-state index is 12.5. The van der Waals surface area contributed by atoms with Gasteiger partial charge in [-0.05, 0) is 38.3 Å². The Bertz CT molecular complexity index is 650. The summed E-state index contributed by atoms with van der Waals surface area (Å²) in [6.45, 7) is 3.89. The van der Waals surface area contributed by atoms with Crippen LogP contribution in [0, 0.1) is 6.92 Å². The fraction of sp³-hybridized carbons (Fsp3) is 0.438. The minimum absolute atomic E-state index is 0.170. The van der Waals surface area contributed by atoms with E-state index in [-0.39, 0.29) is 11.9 Å². The molecule has 0 aliphatic carbocycles. The number of amides is 1. The number of carbonyl (C=O) groups excluding carboxylic acids is 1. The van der Waals surface area contributed by atoms with Crippen LogP contribution in [0.15, 0.2) is 28.8 Å². The molecule has 21 heavy (non-hydrogen) atoms. The van der Waals surface area contributed by atoms with Crippen molar-refractivity contribution in [2.24, 2.45) is 0 Å². The quantitative estimate of drug-likeness (QED) is 0.866. The van der Waals surface area contributed by atoms with Crippen molar-refractivity contribution in [3.05, 3.63) is 41.5 Å². The van der Waals surface area contributed by atoms with Crippen LogP contribution in [0.25, 0.3) is 0 Å². The molecule has 0 saturated carbocycles. The molecule has 2 aromatic rings. The Kier molecular flexibility index (Phi) is 3.73. The first-order chi connectivity index (χ1) is 10.1. The largest absolute Gasteiger partial charge is 0.339 e. The number of rotatable bonds is 4. The molecule has 5 nitrogen and oxygen atoms in total. The summed E-state index contributed by atoms with van der Waals surface area (Å²) in [5.41, 5.74) is 2.31. The fourth-order valence-corrected chi connectivity index (χ4v) is 2.90. The van der Waals surface area contributed by atoms with Gasteiger partial charge < -0.3 is 9.42 Å². The lowest BCUT2D eigenvalue weighted by molar-refractivity contribution is -0.119. The van der Waals surface area contributed by atoms with Crippen LogP contribution in [0.5, 0.6) is 0 Å². The molecule has 0 N–H and O–H groups in total. The number of aromatic nitrogens is 2. The summed E-state index contributed by atoms with van der Waals surface area (Å²) in [7, 11) is 0. The summed E-state index contributed by atoms with van der Waals surface area (Å²) in [5, 5.41) is 3.75. The number of aryl methyl sites for hydroxylation is 2. The highest BCUT2D eigenvalue weighted by atomic mass is 16.5. The summed E-state index contributed by atoms with van der Waals surface area (Å²) in [4.78, 5) is 18.6. The monoisotopic (exact) mass is 285 g/mol. The van der Waals surface area contributed by atoms with Crippen molar-refractivity contribution in [2.45, 2.75) is 45.6 Å². The molecule has 2 heterocycles. The molecule has 0 saturated heterocycles. The summed E-state index contributed by atoms with van der Waals surface area (Å²) in [6, 6.07) is 8.37. The van der Waals surface area contributed by atoms with Gasteiger partial charge in [-0.25, -0.2) is 0 Å². The lowest BCUT2D eigenvalue weighted by Crippen LogP contribution is -2.35. The number of carbonyl (C=O) groups is 1. The van der Waals surface area contributed by atoms with E-state index in [4.69, 9.17) is 4.52 Å². The van der Waals surface area contributed by atoms with E-state index in [0.717, 1.165) is 18.5 Å². The minimum Gasteiger partial charge on any atom is -0.339 e. The third kappa shape index (κ3) is 2.82. The molecule has 0 spiro atoms. The Morgan fingerprint density at radius 3 is 3.00 bits per heavy atom. The summed E-state index contributed by atoms with van der Waals surface area (Å²) in [5.74, 6) is 1.41. The van der Waals surface area contributed by atoms with Crippen molar-refractivity contribution in [1.29, 1.82) is 0 Å². The van der Waals surface area contributed by atoms with E-state index in [1.807, 2.05) is 23.1 Å². The fourth-order valence-electron chi connectivity index (χ4n) is 2.90. The second-order valence-corrected chi connectivity index (χ2v) is 5.53. The van der Waals surface area contributed by atoms with E-state index in [0.29, 0.717) is 24.6 Å². The predicted octanol–water partition coefficient (Wildman–Crippen LogP) is 2.68.